The van der Waals surface area contributed by atoms with Crippen LogP contribution in [-0.2, 0) is 9.53 Å². The van der Waals surface area contributed by atoms with Gasteiger partial charge in [-0.05, 0) is 0 Å². The monoisotopic (exact) mass is 337 g/mol. The van der Waals surface area contributed by atoms with Gasteiger partial charge in [0.1, 0.15) is 12.3 Å². The van der Waals surface area contributed by atoms with E-state index in [4.69, 9.17) is 4.74 Å². The van der Waals surface area contributed by atoms with Crippen LogP contribution >= 0.6 is 0 Å². The highest BCUT2D eigenvalue weighted by Gasteiger charge is 2.35. The molecular weight excluding hydrogens is 318 g/mol. The minimum atomic E-state index is -0.820. The van der Waals surface area contributed by atoms with Gasteiger partial charge in [0.05, 0.1) is 19.0 Å². The molecule has 0 aromatic carbocycles. The van der Waals surface area contributed by atoms with Gasteiger partial charge in [0.15, 0.2) is 11.2 Å². The number of anilines is 1. The Morgan fingerprint density at radius 3 is 2.96 bits per heavy atom. The molecule has 3 rings (SSSR count). The lowest BCUT2D eigenvalue weighted by Crippen LogP contribution is -2.24. The summed E-state index contributed by atoms with van der Waals surface area (Å²) in [5.41, 5.74) is -0.160. The minimum Gasteiger partial charge on any atom is -0.394 e. The molecule has 1 aliphatic rings. The third-order valence-electron chi connectivity index (χ3n) is 3.89. The van der Waals surface area contributed by atoms with Gasteiger partial charge in [-0.25, -0.2) is 4.98 Å². The predicted octanol–water partition coefficient (Wildman–Crippen LogP) is -0.645. The van der Waals surface area contributed by atoms with Crippen molar-refractivity contribution in [2.75, 3.05) is 11.9 Å². The summed E-state index contributed by atoms with van der Waals surface area (Å²) in [5, 5.41) is 21.6. The number of hydrogen-bond donors (Lipinski definition) is 4. The fraction of sp³-hybridized carbons (Fsp3) is 0.571. The molecule has 1 aliphatic heterocycles. The van der Waals surface area contributed by atoms with Gasteiger partial charge >= 0.3 is 0 Å². The smallest absolute Gasteiger partial charge is 0.280 e. The summed E-state index contributed by atoms with van der Waals surface area (Å²) in [6.07, 6.45) is -0.504. The molecule has 1 fully saturated rings. The molecule has 0 bridgehead atoms. The molecule has 3 heterocycles. The molecule has 0 radical (unpaired) electrons. The lowest BCUT2D eigenvalue weighted by Gasteiger charge is -2.14. The summed E-state index contributed by atoms with van der Waals surface area (Å²) >= 11 is 0. The van der Waals surface area contributed by atoms with Crippen molar-refractivity contribution in [1.29, 1.82) is 0 Å². The Balaban J connectivity index is 1.97. The number of nitrogens with zero attached hydrogens (tertiary/aromatic N) is 3. The maximum absolute atomic E-state index is 12.1. The fourth-order valence-corrected chi connectivity index (χ4v) is 2.51. The van der Waals surface area contributed by atoms with Crippen LogP contribution in [0.4, 0.5) is 5.95 Å². The SMILES string of the molecule is CC(C)C(=O)Nc1nc2c(ncn2[C@@H]2C[C@@H](O)[C@H](CO)O2)c(=O)[nH]1. The number of aromatic amines is 1. The summed E-state index contributed by atoms with van der Waals surface area (Å²) in [5.74, 6) is -0.531. The molecule has 3 atom stereocenters. The van der Waals surface area contributed by atoms with Crippen LogP contribution in [-0.4, -0.2) is 54.5 Å². The normalized spacial score (nSPS) is 24.0. The minimum absolute atomic E-state index is 0.0187. The van der Waals surface area contributed by atoms with E-state index in [0.717, 1.165) is 0 Å². The number of ether oxygens (including phenoxy) is 1. The number of aliphatic hydroxyl groups excluding tert-OH is 2. The van der Waals surface area contributed by atoms with Crippen LogP contribution in [0.15, 0.2) is 11.1 Å². The number of fused-ring (bicyclic) bond motifs is 1. The maximum Gasteiger partial charge on any atom is 0.280 e. The molecule has 130 valence electrons. The molecule has 0 saturated carbocycles. The van der Waals surface area contributed by atoms with Crippen molar-refractivity contribution < 1.29 is 19.7 Å². The first-order chi connectivity index (χ1) is 11.4. The quantitative estimate of drug-likeness (QED) is 0.581. The molecular formula is C14H19N5O5. The highest BCUT2D eigenvalue weighted by Crippen LogP contribution is 2.30. The summed E-state index contributed by atoms with van der Waals surface area (Å²) in [6, 6.07) is 0. The second-order valence-electron chi connectivity index (χ2n) is 6.00. The van der Waals surface area contributed by atoms with Crippen LogP contribution in [0.5, 0.6) is 0 Å². The van der Waals surface area contributed by atoms with Gasteiger partial charge in [-0.1, -0.05) is 13.8 Å². The predicted molar refractivity (Wildman–Crippen MR) is 83.2 cm³/mol. The zero-order valence-electron chi connectivity index (χ0n) is 13.3. The molecule has 10 nitrogen and oxygen atoms in total. The van der Waals surface area contributed by atoms with Gasteiger partial charge in [-0.2, -0.15) is 4.98 Å². The van der Waals surface area contributed by atoms with Crippen molar-refractivity contribution in [2.45, 2.75) is 38.7 Å². The van der Waals surface area contributed by atoms with Crippen LogP contribution < -0.4 is 10.9 Å². The standard InChI is InChI=1S/C14H19N5O5/c1-6(2)12(22)17-14-16-11-10(13(23)18-14)15-5-19(11)9-3-7(21)8(4-20)24-9/h5-9,20-21H,3-4H2,1-2H3,(H2,16,17,18,22,23)/t7-,8+,9+/m1/s1. The average Bonchev–Trinajstić information content (AvgIpc) is 3.10. The van der Waals surface area contributed by atoms with E-state index in [2.05, 4.69) is 20.3 Å². The number of aliphatic hydroxyl groups is 2. The van der Waals surface area contributed by atoms with Crippen molar-refractivity contribution in [3.05, 3.63) is 16.7 Å². The van der Waals surface area contributed by atoms with Crippen molar-refractivity contribution in [3.8, 4) is 0 Å². The van der Waals surface area contributed by atoms with Crippen molar-refractivity contribution in [2.24, 2.45) is 5.92 Å². The van der Waals surface area contributed by atoms with Gasteiger partial charge in [0, 0.05) is 12.3 Å². The Labute approximate surface area is 136 Å². The average molecular weight is 337 g/mol. The molecule has 1 amide bonds. The van der Waals surface area contributed by atoms with Crippen molar-refractivity contribution in [1.82, 2.24) is 19.5 Å². The van der Waals surface area contributed by atoms with E-state index >= 15 is 0 Å². The second-order valence-corrected chi connectivity index (χ2v) is 6.00. The lowest BCUT2D eigenvalue weighted by molar-refractivity contribution is -0.118. The summed E-state index contributed by atoms with van der Waals surface area (Å²) in [6.45, 7) is 3.13. The highest BCUT2D eigenvalue weighted by atomic mass is 16.5. The van der Waals surface area contributed by atoms with Crippen molar-refractivity contribution in [3.63, 3.8) is 0 Å². The van der Waals surface area contributed by atoms with Gasteiger partial charge in [-0.15, -0.1) is 0 Å². The number of nitrogens with one attached hydrogen (secondary N) is 2. The zero-order valence-corrected chi connectivity index (χ0v) is 13.3. The first-order valence-corrected chi connectivity index (χ1v) is 7.62. The molecule has 0 aliphatic carbocycles. The Morgan fingerprint density at radius 1 is 1.58 bits per heavy atom. The van der Waals surface area contributed by atoms with Crippen molar-refractivity contribution >= 4 is 23.0 Å². The Morgan fingerprint density at radius 2 is 2.33 bits per heavy atom. The van der Waals surface area contributed by atoms with E-state index in [0.29, 0.717) is 0 Å². The van der Waals surface area contributed by atoms with E-state index in [1.165, 1.54) is 10.9 Å². The largest absolute Gasteiger partial charge is 0.394 e. The Kier molecular flexibility index (Phi) is 4.35. The third kappa shape index (κ3) is 2.90. The molecule has 4 N–H and O–H groups in total. The number of H-pyrrole nitrogens is 1. The zero-order chi connectivity index (χ0) is 17.4. The van der Waals surface area contributed by atoms with Crippen LogP contribution in [0.2, 0.25) is 0 Å². The van der Waals surface area contributed by atoms with Gasteiger partial charge in [-0.3, -0.25) is 24.5 Å². The second kappa shape index (κ2) is 6.30. The highest BCUT2D eigenvalue weighted by molar-refractivity contribution is 5.91. The number of imidazole rings is 1. The molecule has 24 heavy (non-hydrogen) atoms. The number of amides is 1. The first-order valence-electron chi connectivity index (χ1n) is 7.62. The summed E-state index contributed by atoms with van der Waals surface area (Å²) in [7, 11) is 0. The third-order valence-corrected chi connectivity index (χ3v) is 3.89. The molecule has 2 aromatic heterocycles. The fourth-order valence-electron chi connectivity index (χ4n) is 2.51. The van der Waals surface area contributed by atoms with E-state index in [1.807, 2.05) is 0 Å². The number of carbonyl (C=O) groups is 1. The van der Waals surface area contributed by atoms with E-state index in [1.54, 1.807) is 13.8 Å². The molecule has 0 spiro atoms. The topological polar surface area (TPSA) is 142 Å². The number of rotatable bonds is 4. The van der Waals surface area contributed by atoms with E-state index in [9.17, 15) is 19.8 Å². The van der Waals surface area contributed by atoms with E-state index in [-0.39, 0.29) is 42.0 Å². The van der Waals surface area contributed by atoms with Gasteiger partial charge < -0.3 is 14.9 Å². The molecule has 1 saturated heterocycles. The number of carbonyl (C=O) groups excluding carboxylic acids is 1. The molecule has 0 unspecified atom stereocenters. The van der Waals surface area contributed by atoms with Gasteiger partial charge in [0.2, 0.25) is 11.9 Å². The summed E-state index contributed by atoms with van der Waals surface area (Å²) in [4.78, 5) is 34.6. The molecule has 2 aromatic rings. The maximum atomic E-state index is 12.1. The summed E-state index contributed by atoms with van der Waals surface area (Å²) < 4.78 is 7.07. The van der Waals surface area contributed by atoms with Crippen LogP contribution in [0.1, 0.15) is 26.5 Å². The van der Waals surface area contributed by atoms with Crippen LogP contribution in [0, 0.1) is 5.92 Å². The first kappa shape index (κ1) is 16.6. The number of aromatic nitrogens is 4. The van der Waals surface area contributed by atoms with E-state index < -0.39 is 24.0 Å². The van der Waals surface area contributed by atoms with Gasteiger partial charge in [0.25, 0.3) is 5.56 Å². The Hall–Kier alpha value is -2.30. The molecule has 10 heteroatoms. The van der Waals surface area contributed by atoms with Crippen LogP contribution in [0.25, 0.3) is 11.2 Å². The van der Waals surface area contributed by atoms with Crippen LogP contribution in [0.3, 0.4) is 0 Å². The Bertz CT molecular complexity index is 813. The lowest BCUT2D eigenvalue weighted by atomic mass is 10.2. The number of hydrogen-bond acceptors (Lipinski definition) is 7.